The molecule has 0 saturated heterocycles. The Balaban J connectivity index is 1.72. The highest BCUT2D eigenvalue weighted by atomic mass is 16.6. The lowest BCUT2D eigenvalue weighted by Gasteiger charge is -2.16. The molecule has 0 heterocycles. The van der Waals surface area contributed by atoms with Gasteiger partial charge < -0.3 is 5.32 Å². The molecule has 0 bridgehead atoms. The van der Waals surface area contributed by atoms with E-state index in [0.29, 0.717) is 6.04 Å². The molecule has 4 heteroatoms. The Labute approximate surface area is 147 Å². The summed E-state index contributed by atoms with van der Waals surface area (Å²) in [7, 11) is 0. The van der Waals surface area contributed by atoms with E-state index in [9.17, 15) is 10.1 Å². The smallest absolute Gasteiger partial charge is 0.269 e. The Hall–Kier alpha value is -2.98. The molecular weight excluding hydrogens is 312 g/mol. The number of nitro groups is 1. The second-order valence-corrected chi connectivity index (χ2v) is 6.07. The van der Waals surface area contributed by atoms with Crippen LogP contribution in [0.3, 0.4) is 0 Å². The average molecular weight is 333 g/mol. The van der Waals surface area contributed by atoms with Crippen LogP contribution in [0, 0.1) is 10.1 Å². The van der Waals surface area contributed by atoms with Crippen molar-refractivity contribution in [2.24, 2.45) is 0 Å². The van der Waals surface area contributed by atoms with Gasteiger partial charge in [0.2, 0.25) is 0 Å². The first-order valence-corrected chi connectivity index (χ1v) is 8.38. The topological polar surface area (TPSA) is 59.8 Å². The first-order valence-electron chi connectivity index (χ1n) is 8.38. The van der Waals surface area contributed by atoms with Crippen LogP contribution in [0.25, 0.3) is 0 Å². The van der Waals surface area contributed by atoms with Crippen molar-refractivity contribution in [1.82, 2.24) is 0 Å². The third-order valence-electron chi connectivity index (χ3n) is 4.31. The molecule has 25 heavy (non-hydrogen) atoms. The van der Waals surface area contributed by atoms with Crippen molar-refractivity contribution < 1.29 is 10.2 Å². The fourth-order valence-electron chi connectivity index (χ4n) is 2.94. The van der Waals surface area contributed by atoms with E-state index in [2.05, 4.69) is 53.8 Å². The summed E-state index contributed by atoms with van der Waals surface area (Å²) in [6.45, 7) is 0.782. The van der Waals surface area contributed by atoms with E-state index in [0.717, 1.165) is 18.5 Å². The van der Waals surface area contributed by atoms with Crippen LogP contribution in [0.5, 0.6) is 0 Å². The standard InChI is InChI=1S/C21H20N2O2/c24-23(25)20-13-11-18(12-14-20)16-22-21(19-9-5-2-6-10-19)15-17-7-3-1-4-8-17/h1-14,21-22H,15-16H2/p+1/t21-/m1/s1. The third kappa shape index (κ3) is 4.75. The number of benzene rings is 3. The molecule has 3 aromatic rings. The second-order valence-electron chi connectivity index (χ2n) is 6.07. The first-order chi connectivity index (χ1) is 12.2. The molecule has 3 rings (SSSR count). The summed E-state index contributed by atoms with van der Waals surface area (Å²) in [5.41, 5.74) is 3.80. The fourth-order valence-corrected chi connectivity index (χ4v) is 2.94. The number of quaternary nitrogens is 1. The van der Waals surface area contributed by atoms with E-state index < -0.39 is 0 Å². The molecule has 4 nitrogen and oxygen atoms in total. The summed E-state index contributed by atoms with van der Waals surface area (Å²) in [4.78, 5) is 10.4. The average Bonchev–Trinajstić information content (AvgIpc) is 2.67. The zero-order valence-electron chi connectivity index (χ0n) is 13.9. The van der Waals surface area contributed by atoms with Crippen molar-refractivity contribution in [2.75, 3.05) is 0 Å². The van der Waals surface area contributed by atoms with Crippen molar-refractivity contribution in [3.63, 3.8) is 0 Å². The Morgan fingerprint density at radius 2 is 1.40 bits per heavy atom. The van der Waals surface area contributed by atoms with Gasteiger partial charge in [0, 0.05) is 29.7 Å². The van der Waals surface area contributed by atoms with Crippen molar-refractivity contribution in [3.8, 4) is 0 Å². The minimum absolute atomic E-state index is 0.132. The van der Waals surface area contributed by atoms with Crippen LogP contribution in [0.1, 0.15) is 22.7 Å². The minimum Gasteiger partial charge on any atom is -0.336 e. The van der Waals surface area contributed by atoms with Crippen molar-refractivity contribution in [3.05, 3.63) is 112 Å². The molecule has 1 atom stereocenters. The Bertz CT molecular complexity index is 802. The molecule has 3 aromatic carbocycles. The van der Waals surface area contributed by atoms with Gasteiger partial charge in [0.15, 0.2) is 0 Å². The second kappa shape index (κ2) is 8.22. The van der Waals surface area contributed by atoms with E-state index in [1.165, 1.54) is 11.1 Å². The molecule has 0 amide bonds. The van der Waals surface area contributed by atoms with Crippen LogP contribution in [0.4, 0.5) is 5.69 Å². The predicted molar refractivity (Wildman–Crippen MR) is 98.1 cm³/mol. The molecule has 2 N–H and O–H groups in total. The molecule has 0 radical (unpaired) electrons. The van der Waals surface area contributed by atoms with Gasteiger partial charge in [-0.05, 0) is 17.7 Å². The van der Waals surface area contributed by atoms with Crippen molar-refractivity contribution in [2.45, 2.75) is 19.0 Å². The first kappa shape index (κ1) is 16.9. The van der Waals surface area contributed by atoms with Gasteiger partial charge in [0.1, 0.15) is 12.6 Å². The fraction of sp³-hybridized carbons (Fsp3) is 0.143. The number of rotatable bonds is 7. The minimum atomic E-state index is -0.365. The van der Waals surface area contributed by atoms with E-state index >= 15 is 0 Å². The van der Waals surface area contributed by atoms with E-state index in [1.807, 2.05) is 24.3 Å². The maximum atomic E-state index is 10.8. The maximum absolute atomic E-state index is 10.8. The summed E-state index contributed by atoms with van der Waals surface area (Å²) in [6, 6.07) is 28.0. The summed E-state index contributed by atoms with van der Waals surface area (Å²) in [6.07, 6.45) is 0.942. The number of nitrogens with zero attached hydrogens (tertiary/aromatic N) is 1. The van der Waals surface area contributed by atoms with Gasteiger partial charge in [-0.15, -0.1) is 0 Å². The lowest BCUT2D eigenvalue weighted by Crippen LogP contribution is -2.84. The largest absolute Gasteiger partial charge is 0.336 e. The summed E-state index contributed by atoms with van der Waals surface area (Å²) in [5, 5.41) is 13.1. The molecule has 0 spiro atoms. The number of hydrogen-bond acceptors (Lipinski definition) is 2. The molecule has 0 aliphatic heterocycles. The van der Waals surface area contributed by atoms with E-state index in [-0.39, 0.29) is 10.6 Å². The van der Waals surface area contributed by atoms with Gasteiger partial charge in [-0.1, -0.05) is 60.7 Å². The van der Waals surface area contributed by atoms with Crippen LogP contribution < -0.4 is 5.32 Å². The molecule has 0 aromatic heterocycles. The Kier molecular flexibility index (Phi) is 5.54. The highest BCUT2D eigenvalue weighted by molar-refractivity contribution is 5.32. The number of hydrogen-bond donors (Lipinski definition) is 1. The Morgan fingerprint density at radius 3 is 2.00 bits per heavy atom. The molecule has 0 aliphatic rings. The van der Waals surface area contributed by atoms with Crippen LogP contribution in [-0.4, -0.2) is 4.92 Å². The molecule has 126 valence electrons. The highest BCUT2D eigenvalue weighted by Gasteiger charge is 2.15. The SMILES string of the molecule is O=[N+]([O-])c1ccc(C[NH2+][C@H](Cc2ccccc2)c2ccccc2)cc1. The number of nitro benzene ring substituents is 1. The van der Waals surface area contributed by atoms with Crippen LogP contribution in [0.2, 0.25) is 0 Å². The third-order valence-corrected chi connectivity index (χ3v) is 4.31. The van der Waals surface area contributed by atoms with Crippen LogP contribution in [0.15, 0.2) is 84.9 Å². The predicted octanol–water partition coefficient (Wildman–Crippen LogP) is 3.64. The zero-order chi connectivity index (χ0) is 17.5. The monoisotopic (exact) mass is 333 g/mol. The number of nitrogens with two attached hydrogens (primary N) is 1. The number of non-ortho nitro benzene ring substituents is 1. The van der Waals surface area contributed by atoms with Gasteiger partial charge in [0.05, 0.1) is 4.92 Å². The van der Waals surface area contributed by atoms with Gasteiger partial charge in [-0.2, -0.15) is 0 Å². The quantitative estimate of drug-likeness (QED) is 0.530. The van der Waals surface area contributed by atoms with Crippen LogP contribution in [-0.2, 0) is 13.0 Å². The van der Waals surface area contributed by atoms with E-state index in [1.54, 1.807) is 12.1 Å². The molecule has 0 saturated carbocycles. The van der Waals surface area contributed by atoms with Gasteiger partial charge in [-0.3, -0.25) is 10.1 Å². The molecule has 0 aliphatic carbocycles. The molecule has 0 unspecified atom stereocenters. The lowest BCUT2D eigenvalue weighted by molar-refractivity contribution is -0.711. The van der Waals surface area contributed by atoms with E-state index in [4.69, 9.17) is 0 Å². The van der Waals surface area contributed by atoms with Gasteiger partial charge in [0.25, 0.3) is 5.69 Å². The van der Waals surface area contributed by atoms with Gasteiger partial charge >= 0.3 is 0 Å². The lowest BCUT2D eigenvalue weighted by atomic mass is 9.98. The molecule has 0 fully saturated rings. The van der Waals surface area contributed by atoms with Gasteiger partial charge in [-0.25, -0.2) is 0 Å². The Morgan fingerprint density at radius 1 is 0.800 bits per heavy atom. The highest BCUT2D eigenvalue weighted by Crippen LogP contribution is 2.16. The normalized spacial score (nSPS) is 11.8. The molecular formula is C21H21N2O2+. The maximum Gasteiger partial charge on any atom is 0.269 e. The summed E-state index contributed by atoms with van der Waals surface area (Å²) in [5.74, 6) is 0. The van der Waals surface area contributed by atoms with Crippen molar-refractivity contribution in [1.29, 1.82) is 0 Å². The summed E-state index contributed by atoms with van der Waals surface area (Å²) >= 11 is 0. The van der Waals surface area contributed by atoms with Crippen molar-refractivity contribution >= 4 is 5.69 Å². The summed E-state index contributed by atoms with van der Waals surface area (Å²) < 4.78 is 0. The van der Waals surface area contributed by atoms with Crippen LogP contribution >= 0.6 is 0 Å². The zero-order valence-corrected chi connectivity index (χ0v) is 13.9.